The molecule has 23 heavy (non-hydrogen) atoms. The molecule has 2 rings (SSSR count). The van der Waals surface area contributed by atoms with Crippen LogP contribution in [0.3, 0.4) is 0 Å². The van der Waals surface area contributed by atoms with Crippen LogP contribution in [0.5, 0.6) is 11.5 Å². The van der Waals surface area contributed by atoms with E-state index in [-0.39, 0.29) is 12.1 Å². The molecule has 0 saturated heterocycles. The zero-order chi connectivity index (χ0) is 16.7. The van der Waals surface area contributed by atoms with Crippen LogP contribution in [0.1, 0.15) is 12.5 Å². The van der Waals surface area contributed by atoms with Crippen LogP contribution in [-0.2, 0) is 13.1 Å². The number of rotatable bonds is 7. The van der Waals surface area contributed by atoms with Crippen LogP contribution in [0.2, 0.25) is 0 Å². The largest absolute Gasteiger partial charge is 0.493 e. The van der Waals surface area contributed by atoms with Gasteiger partial charge in [-0.25, -0.2) is 4.79 Å². The van der Waals surface area contributed by atoms with Crippen molar-refractivity contribution in [1.82, 2.24) is 20.4 Å². The molecule has 124 valence electrons. The molecular formula is C16H22N4O3. The van der Waals surface area contributed by atoms with Gasteiger partial charge in [0.1, 0.15) is 0 Å². The normalized spacial score (nSPS) is 11.6. The maximum atomic E-state index is 11.9. The third kappa shape index (κ3) is 4.91. The first-order valence-corrected chi connectivity index (χ1v) is 7.35. The van der Waals surface area contributed by atoms with Crippen molar-refractivity contribution in [2.75, 3.05) is 14.2 Å². The Bertz CT molecular complexity index is 628. The predicted octanol–water partition coefficient (Wildman–Crippen LogP) is 1.79. The van der Waals surface area contributed by atoms with E-state index in [0.29, 0.717) is 24.6 Å². The number of hydrogen-bond donors (Lipinski definition) is 2. The number of carbonyl (C=O) groups excluding carboxylic acids is 1. The van der Waals surface area contributed by atoms with Crippen molar-refractivity contribution in [3.8, 4) is 11.5 Å². The molecule has 0 aliphatic rings. The Balaban J connectivity index is 1.82. The van der Waals surface area contributed by atoms with E-state index < -0.39 is 0 Å². The summed E-state index contributed by atoms with van der Waals surface area (Å²) < 4.78 is 12.2. The second kappa shape index (κ2) is 8.07. The number of carbonyl (C=O) groups is 1. The van der Waals surface area contributed by atoms with E-state index in [1.165, 1.54) is 0 Å². The molecule has 1 aromatic carbocycles. The lowest BCUT2D eigenvalue weighted by Gasteiger charge is -2.15. The molecule has 0 unspecified atom stereocenters. The SMILES string of the molecule is COc1ccc(CNC(=O)N[C@H](C)Cn2cccn2)cc1OC. The zero-order valence-electron chi connectivity index (χ0n) is 13.6. The Kier molecular flexibility index (Phi) is 5.85. The second-order valence-corrected chi connectivity index (χ2v) is 5.15. The van der Waals surface area contributed by atoms with Gasteiger partial charge in [-0.3, -0.25) is 4.68 Å². The summed E-state index contributed by atoms with van der Waals surface area (Å²) in [7, 11) is 3.17. The topological polar surface area (TPSA) is 77.4 Å². The molecule has 1 atom stereocenters. The van der Waals surface area contributed by atoms with Gasteiger partial charge in [0, 0.05) is 25.0 Å². The number of aromatic nitrogens is 2. The van der Waals surface area contributed by atoms with Gasteiger partial charge < -0.3 is 20.1 Å². The minimum atomic E-state index is -0.223. The van der Waals surface area contributed by atoms with Crippen LogP contribution in [0.25, 0.3) is 0 Å². The van der Waals surface area contributed by atoms with Gasteiger partial charge in [-0.2, -0.15) is 5.10 Å². The van der Waals surface area contributed by atoms with E-state index >= 15 is 0 Å². The van der Waals surface area contributed by atoms with Crippen molar-refractivity contribution in [3.05, 3.63) is 42.2 Å². The highest BCUT2D eigenvalue weighted by molar-refractivity contribution is 5.74. The van der Waals surface area contributed by atoms with Crippen LogP contribution in [-0.4, -0.2) is 36.1 Å². The van der Waals surface area contributed by atoms with Gasteiger partial charge in [0.15, 0.2) is 11.5 Å². The van der Waals surface area contributed by atoms with E-state index in [2.05, 4.69) is 15.7 Å². The minimum absolute atomic E-state index is 0.0275. The molecule has 0 bridgehead atoms. The Labute approximate surface area is 135 Å². The van der Waals surface area contributed by atoms with E-state index in [0.717, 1.165) is 5.56 Å². The minimum Gasteiger partial charge on any atom is -0.493 e. The Hall–Kier alpha value is -2.70. The van der Waals surface area contributed by atoms with Crippen molar-refractivity contribution in [2.45, 2.75) is 26.1 Å². The molecular weight excluding hydrogens is 296 g/mol. The smallest absolute Gasteiger partial charge is 0.315 e. The summed E-state index contributed by atoms with van der Waals surface area (Å²) in [5, 5.41) is 9.81. The van der Waals surface area contributed by atoms with Gasteiger partial charge in [0.05, 0.1) is 20.8 Å². The Morgan fingerprint density at radius 3 is 2.74 bits per heavy atom. The van der Waals surface area contributed by atoms with E-state index in [9.17, 15) is 4.79 Å². The molecule has 0 radical (unpaired) electrons. The summed E-state index contributed by atoms with van der Waals surface area (Å²) in [4.78, 5) is 11.9. The molecule has 0 aliphatic heterocycles. The number of hydrogen-bond acceptors (Lipinski definition) is 4. The fourth-order valence-electron chi connectivity index (χ4n) is 2.18. The van der Waals surface area contributed by atoms with Crippen LogP contribution in [0.4, 0.5) is 4.79 Å². The average Bonchev–Trinajstić information content (AvgIpc) is 3.05. The monoisotopic (exact) mass is 318 g/mol. The fourth-order valence-corrected chi connectivity index (χ4v) is 2.18. The van der Waals surface area contributed by atoms with Gasteiger partial charge in [0.25, 0.3) is 0 Å². The lowest BCUT2D eigenvalue weighted by Crippen LogP contribution is -2.42. The highest BCUT2D eigenvalue weighted by Crippen LogP contribution is 2.27. The van der Waals surface area contributed by atoms with E-state index in [1.807, 2.05) is 37.4 Å². The summed E-state index contributed by atoms with van der Waals surface area (Å²) in [6.45, 7) is 2.95. The molecule has 7 nitrogen and oxygen atoms in total. The summed E-state index contributed by atoms with van der Waals surface area (Å²) in [6.07, 6.45) is 3.57. The lowest BCUT2D eigenvalue weighted by molar-refractivity contribution is 0.235. The van der Waals surface area contributed by atoms with Crippen LogP contribution in [0, 0.1) is 0 Å². The fraction of sp³-hybridized carbons (Fsp3) is 0.375. The summed E-state index contributed by atoms with van der Waals surface area (Å²) in [6, 6.07) is 7.14. The van der Waals surface area contributed by atoms with Gasteiger partial charge in [-0.1, -0.05) is 6.07 Å². The molecule has 0 spiro atoms. The average molecular weight is 318 g/mol. The molecule has 0 saturated carbocycles. The van der Waals surface area contributed by atoms with Crippen LogP contribution in [0.15, 0.2) is 36.7 Å². The van der Waals surface area contributed by atoms with Crippen LogP contribution < -0.4 is 20.1 Å². The van der Waals surface area contributed by atoms with Crippen LogP contribution >= 0.6 is 0 Å². The number of nitrogens with one attached hydrogen (secondary N) is 2. The summed E-state index contributed by atoms with van der Waals surface area (Å²) in [5.41, 5.74) is 0.928. The standard InChI is InChI=1S/C16H22N4O3/c1-12(11-20-8-4-7-18-20)19-16(21)17-10-13-5-6-14(22-2)15(9-13)23-3/h4-9,12H,10-11H2,1-3H3,(H2,17,19,21)/t12-/m1/s1. The van der Waals surface area contributed by atoms with Gasteiger partial charge in [-0.15, -0.1) is 0 Å². The quantitative estimate of drug-likeness (QED) is 0.816. The Morgan fingerprint density at radius 2 is 2.09 bits per heavy atom. The lowest BCUT2D eigenvalue weighted by atomic mass is 10.2. The van der Waals surface area contributed by atoms with Crippen molar-refractivity contribution >= 4 is 6.03 Å². The number of methoxy groups -OCH3 is 2. The van der Waals surface area contributed by atoms with Gasteiger partial charge in [-0.05, 0) is 30.7 Å². The van der Waals surface area contributed by atoms with E-state index in [1.54, 1.807) is 25.1 Å². The molecule has 0 aliphatic carbocycles. The van der Waals surface area contributed by atoms with E-state index in [4.69, 9.17) is 9.47 Å². The van der Waals surface area contributed by atoms with Crippen molar-refractivity contribution < 1.29 is 14.3 Å². The number of nitrogens with zero attached hydrogens (tertiary/aromatic N) is 2. The van der Waals surface area contributed by atoms with Gasteiger partial charge >= 0.3 is 6.03 Å². The number of benzene rings is 1. The van der Waals surface area contributed by atoms with Crippen molar-refractivity contribution in [3.63, 3.8) is 0 Å². The molecule has 2 amide bonds. The molecule has 7 heteroatoms. The molecule has 2 aromatic rings. The van der Waals surface area contributed by atoms with Crippen molar-refractivity contribution in [1.29, 1.82) is 0 Å². The third-order valence-corrected chi connectivity index (χ3v) is 3.30. The first-order valence-electron chi connectivity index (χ1n) is 7.35. The highest BCUT2D eigenvalue weighted by Gasteiger charge is 2.09. The van der Waals surface area contributed by atoms with Gasteiger partial charge in [0.2, 0.25) is 0 Å². The maximum absolute atomic E-state index is 11.9. The predicted molar refractivity (Wildman–Crippen MR) is 86.6 cm³/mol. The maximum Gasteiger partial charge on any atom is 0.315 e. The molecule has 1 heterocycles. The first kappa shape index (κ1) is 16.7. The number of amides is 2. The number of ether oxygens (including phenoxy) is 2. The Morgan fingerprint density at radius 1 is 1.30 bits per heavy atom. The second-order valence-electron chi connectivity index (χ2n) is 5.15. The van der Waals surface area contributed by atoms with Crippen molar-refractivity contribution in [2.24, 2.45) is 0 Å². The zero-order valence-corrected chi connectivity index (χ0v) is 13.6. The first-order chi connectivity index (χ1) is 11.1. The summed E-state index contributed by atoms with van der Waals surface area (Å²) in [5.74, 6) is 1.30. The molecule has 1 aromatic heterocycles. The molecule has 2 N–H and O–H groups in total. The third-order valence-electron chi connectivity index (χ3n) is 3.30. The highest BCUT2D eigenvalue weighted by atomic mass is 16.5. The molecule has 0 fully saturated rings. The number of urea groups is 1. The summed E-state index contributed by atoms with van der Waals surface area (Å²) >= 11 is 0.